The van der Waals surface area contributed by atoms with Gasteiger partial charge in [-0.05, 0) is 31.1 Å². The molecule has 1 heterocycles. The molecule has 1 unspecified atom stereocenters. The number of amides is 1. The van der Waals surface area contributed by atoms with Crippen LogP contribution in [0.15, 0.2) is 24.3 Å². The number of rotatable bonds is 3. The van der Waals surface area contributed by atoms with Gasteiger partial charge < -0.3 is 10.0 Å². The average Bonchev–Trinajstić information content (AvgIpc) is 2.87. The van der Waals surface area contributed by atoms with Crippen LogP contribution < -0.4 is 0 Å². The number of carboxylic acid groups (broad SMARTS) is 1. The van der Waals surface area contributed by atoms with E-state index in [1.54, 1.807) is 18.2 Å². The van der Waals surface area contributed by atoms with Crippen LogP contribution in [0, 0.1) is 0 Å². The molecule has 20 heavy (non-hydrogen) atoms. The van der Waals surface area contributed by atoms with Crippen molar-refractivity contribution in [1.29, 1.82) is 0 Å². The maximum absolute atomic E-state index is 12.0. The molecule has 1 aromatic carbocycles. The molecule has 0 radical (unpaired) electrons. The highest BCUT2D eigenvalue weighted by atomic mass is 35.5. The van der Waals surface area contributed by atoms with Crippen molar-refractivity contribution in [2.45, 2.75) is 18.9 Å². The lowest BCUT2D eigenvalue weighted by atomic mass is 10.2. The molecule has 1 aliphatic rings. The zero-order valence-corrected chi connectivity index (χ0v) is 12.1. The van der Waals surface area contributed by atoms with E-state index in [9.17, 15) is 9.59 Å². The number of aliphatic carboxylic acids is 1. The van der Waals surface area contributed by atoms with Gasteiger partial charge in [0.05, 0.1) is 0 Å². The van der Waals surface area contributed by atoms with E-state index < -0.39 is 12.0 Å². The molecule has 2 rings (SSSR count). The van der Waals surface area contributed by atoms with E-state index in [0.717, 1.165) is 0 Å². The summed E-state index contributed by atoms with van der Waals surface area (Å²) in [5.41, 5.74) is 0.551. The van der Waals surface area contributed by atoms with Crippen molar-refractivity contribution in [2.24, 2.45) is 0 Å². The summed E-state index contributed by atoms with van der Waals surface area (Å²) in [5.74, 6) is -1.31. The van der Waals surface area contributed by atoms with Crippen LogP contribution in [0.3, 0.4) is 0 Å². The third-order valence-electron chi connectivity index (χ3n) is 3.21. The van der Waals surface area contributed by atoms with Crippen LogP contribution in [0.2, 0.25) is 10.0 Å². The van der Waals surface area contributed by atoms with Gasteiger partial charge in [0.2, 0.25) is 5.91 Å². The Hall–Kier alpha value is -1.52. The molecule has 1 aliphatic heterocycles. The molecule has 1 N–H and O–H groups in total. The molecule has 1 fully saturated rings. The number of halogens is 2. The van der Waals surface area contributed by atoms with Crippen LogP contribution in [0.4, 0.5) is 0 Å². The Bertz CT molecular complexity index is 551. The first kappa shape index (κ1) is 14.9. The normalized spacial score (nSPS) is 18.7. The molecule has 6 heteroatoms. The molecule has 1 saturated heterocycles. The summed E-state index contributed by atoms with van der Waals surface area (Å²) in [6, 6.07) is 4.32. The summed E-state index contributed by atoms with van der Waals surface area (Å²) in [5, 5.41) is 9.93. The molecule has 0 saturated carbocycles. The second-order valence-corrected chi connectivity index (χ2v) is 5.31. The van der Waals surface area contributed by atoms with Crippen LogP contribution in [-0.4, -0.2) is 34.5 Å². The van der Waals surface area contributed by atoms with Crippen molar-refractivity contribution in [3.05, 3.63) is 39.9 Å². The Labute approximate surface area is 126 Å². The Morgan fingerprint density at radius 3 is 2.55 bits per heavy atom. The highest BCUT2D eigenvalue weighted by Crippen LogP contribution is 2.26. The summed E-state index contributed by atoms with van der Waals surface area (Å²) in [4.78, 5) is 24.4. The highest BCUT2D eigenvalue weighted by Gasteiger charge is 2.32. The highest BCUT2D eigenvalue weighted by molar-refractivity contribution is 6.37. The number of carbonyl (C=O) groups is 2. The van der Waals surface area contributed by atoms with Crippen LogP contribution in [0.1, 0.15) is 18.4 Å². The lowest BCUT2D eigenvalue weighted by molar-refractivity contribution is -0.146. The molecule has 0 spiro atoms. The van der Waals surface area contributed by atoms with E-state index in [1.165, 1.54) is 17.1 Å². The van der Waals surface area contributed by atoms with Gasteiger partial charge in [-0.25, -0.2) is 4.79 Å². The van der Waals surface area contributed by atoms with Crippen LogP contribution in [0.5, 0.6) is 0 Å². The Kier molecular flexibility index (Phi) is 4.68. The topological polar surface area (TPSA) is 57.6 Å². The molecule has 0 aliphatic carbocycles. The number of likely N-dealkylation sites (tertiary alicyclic amines) is 1. The van der Waals surface area contributed by atoms with Crippen molar-refractivity contribution in [1.82, 2.24) is 4.90 Å². The van der Waals surface area contributed by atoms with Crippen LogP contribution in [0.25, 0.3) is 6.08 Å². The van der Waals surface area contributed by atoms with Gasteiger partial charge in [-0.2, -0.15) is 0 Å². The zero-order valence-electron chi connectivity index (χ0n) is 10.6. The molecule has 0 bridgehead atoms. The van der Waals surface area contributed by atoms with Gasteiger partial charge in [-0.1, -0.05) is 29.3 Å². The first-order chi connectivity index (χ1) is 9.50. The number of hydrogen-bond acceptors (Lipinski definition) is 2. The zero-order chi connectivity index (χ0) is 14.7. The van der Waals surface area contributed by atoms with Gasteiger partial charge in [0.15, 0.2) is 0 Å². The van der Waals surface area contributed by atoms with Crippen molar-refractivity contribution >= 4 is 41.2 Å². The van der Waals surface area contributed by atoms with Gasteiger partial charge in [-0.15, -0.1) is 0 Å². The van der Waals surface area contributed by atoms with Gasteiger partial charge in [0.1, 0.15) is 6.04 Å². The van der Waals surface area contributed by atoms with Crippen molar-refractivity contribution in [3.63, 3.8) is 0 Å². The molecule has 1 atom stereocenters. The summed E-state index contributed by atoms with van der Waals surface area (Å²) in [6.07, 6.45) is 4.02. The third-order valence-corrected chi connectivity index (χ3v) is 3.87. The fraction of sp³-hybridized carbons (Fsp3) is 0.286. The Morgan fingerprint density at radius 2 is 1.95 bits per heavy atom. The lowest BCUT2D eigenvalue weighted by Gasteiger charge is -2.19. The van der Waals surface area contributed by atoms with E-state index in [-0.39, 0.29) is 5.91 Å². The Morgan fingerprint density at radius 1 is 1.30 bits per heavy atom. The second-order valence-electron chi connectivity index (χ2n) is 4.50. The van der Waals surface area contributed by atoms with Crippen molar-refractivity contribution in [3.8, 4) is 0 Å². The first-order valence-electron chi connectivity index (χ1n) is 6.16. The van der Waals surface area contributed by atoms with E-state index in [0.29, 0.717) is 35.0 Å². The van der Waals surface area contributed by atoms with Gasteiger partial charge in [-0.3, -0.25) is 4.79 Å². The molecule has 1 aromatic rings. The average molecular weight is 314 g/mol. The quantitative estimate of drug-likeness (QED) is 0.872. The maximum atomic E-state index is 12.0. The fourth-order valence-corrected chi connectivity index (χ4v) is 2.73. The largest absolute Gasteiger partial charge is 0.480 e. The Balaban J connectivity index is 2.15. The monoisotopic (exact) mass is 313 g/mol. The van der Waals surface area contributed by atoms with Crippen LogP contribution in [-0.2, 0) is 9.59 Å². The predicted molar refractivity (Wildman–Crippen MR) is 77.9 cm³/mol. The molecule has 0 aromatic heterocycles. The summed E-state index contributed by atoms with van der Waals surface area (Å²) < 4.78 is 0. The minimum Gasteiger partial charge on any atom is -0.480 e. The minimum atomic E-state index is -0.972. The van der Waals surface area contributed by atoms with E-state index >= 15 is 0 Å². The van der Waals surface area contributed by atoms with E-state index in [4.69, 9.17) is 28.3 Å². The van der Waals surface area contributed by atoms with E-state index in [2.05, 4.69) is 0 Å². The smallest absolute Gasteiger partial charge is 0.326 e. The van der Waals surface area contributed by atoms with Crippen LogP contribution >= 0.6 is 23.2 Å². The van der Waals surface area contributed by atoms with Gasteiger partial charge in [0, 0.05) is 28.2 Å². The van der Waals surface area contributed by atoms with Gasteiger partial charge >= 0.3 is 5.97 Å². The summed E-state index contributed by atoms with van der Waals surface area (Å²) in [6.45, 7) is 0.455. The molecular weight excluding hydrogens is 301 g/mol. The molecule has 4 nitrogen and oxygen atoms in total. The fourth-order valence-electron chi connectivity index (χ4n) is 2.21. The SMILES string of the molecule is O=C(O)C1CCCN1C(=O)/C=C/c1c(Cl)cccc1Cl. The number of benzene rings is 1. The number of hydrogen-bond donors (Lipinski definition) is 1. The number of carboxylic acids is 1. The summed E-state index contributed by atoms with van der Waals surface area (Å²) >= 11 is 12.0. The standard InChI is InChI=1S/C14H13Cl2NO3/c15-10-3-1-4-11(16)9(10)6-7-13(18)17-8-2-5-12(17)14(19)20/h1,3-4,6-7,12H,2,5,8H2,(H,19,20)/b7-6+. The van der Waals surface area contributed by atoms with Crippen molar-refractivity contribution < 1.29 is 14.7 Å². The van der Waals surface area contributed by atoms with Crippen molar-refractivity contribution in [2.75, 3.05) is 6.54 Å². The van der Waals surface area contributed by atoms with E-state index in [1.807, 2.05) is 0 Å². The molecule has 1 amide bonds. The predicted octanol–water partition coefficient (Wildman–Crippen LogP) is 3.08. The lowest BCUT2D eigenvalue weighted by Crippen LogP contribution is -2.39. The maximum Gasteiger partial charge on any atom is 0.326 e. The third kappa shape index (κ3) is 3.14. The summed E-state index contributed by atoms with van der Waals surface area (Å²) in [7, 11) is 0. The number of nitrogens with zero attached hydrogens (tertiary/aromatic N) is 1. The first-order valence-corrected chi connectivity index (χ1v) is 6.92. The minimum absolute atomic E-state index is 0.342. The van der Waals surface area contributed by atoms with Gasteiger partial charge in [0.25, 0.3) is 0 Å². The molecule has 106 valence electrons. The second kappa shape index (κ2) is 6.29. The molecular formula is C14H13Cl2NO3. The number of carbonyl (C=O) groups excluding carboxylic acids is 1.